The smallest absolute Gasteiger partial charge is 0.342 e. The first kappa shape index (κ1) is 16.3. The minimum Gasteiger partial charge on any atom is -0.506 e. The van der Waals surface area contributed by atoms with Crippen LogP contribution in [-0.4, -0.2) is 27.7 Å². The van der Waals surface area contributed by atoms with Crippen LogP contribution in [0.4, 0.5) is 0 Å². The number of hydrogen-bond acceptors (Lipinski definition) is 7. The second-order valence-corrected chi connectivity index (χ2v) is 6.68. The predicted molar refractivity (Wildman–Crippen MR) is 97.8 cm³/mol. The molecule has 0 radical (unpaired) electrons. The summed E-state index contributed by atoms with van der Waals surface area (Å²) >= 11 is 1.30. The molecular weight excluding hydrogens is 356 g/mol. The number of fused-ring (bicyclic) bond motifs is 2. The number of aryl methyl sites for hydroxylation is 1. The Labute approximate surface area is 150 Å². The topological polar surface area (TPSA) is 105 Å². The van der Waals surface area contributed by atoms with Crippen molar-refractivity contribution in [3.05, 3.63) is 45.9 Å². The van der Waals surface area contributed by atoms with Crippen molar-refractivity contribution in [1.82, 2.24) is 9.97 Å². The average molecular weight is 370 g/mol. The van der Waals surface area contributed by atoms with E-state index in [1.807, 2.05) is 18.2 Å². The zero-order chi connectivity index (χ0) is 18.4. The molecule has 0 amide bonds. The van der Waals surface area contributed by atoms with E-state index in [9.17, 15) is 14.7 Å². The van der Waals surface area contributed by atoms with Crippen molar-refractivity contribution in [1.29, 1.82) is 0 Å². The van der Waals surface area contributed by atoms with Gasteiger partial charge in [-0.3, -0.25) is 4.79 Å². The van der Waals surface area contributed by atoms with Gasteiger partial charge in [-0.05, 0) is 26.0 Å². The molecule has 0 spiro atoms. The van der Waals surface area contributed by atoms with E-state index in [4.69, 9.17) is 9.15 Å². The Bertz CT molecular complexity index is 1220. The van der Waals surface area contributed by atoms with Crippen LogP contribution >= 0.6 is 11.3 Å². The molecule has 3 heterocycles. The zero-order valence-electron chi connectivity index (χ0n) is 14.0. The maximum atomic E-state index is 12.6. The molecule has 8 heteroatoms. The van der Waals surface area contributed by atoms with Crippen LogP contribution in [0.1, 0.15) is 23.0 Å². The summed E-state index contributed by atoms with van der Waals surface area (Å²) in [4.78, 5) is 32.1. The largest absolute Gasteiger partial charge is 0.506 e. The number of esters is 1. The Kier molecular flexibility index (Phi) is 3.77. The fourth-order valence-electron chi connectivity index (χ4n) is 2.87. The van der Waals surface area contributed by atoms with Gasteiger partial charge in [0.15, 0.2) is 5.82 Å². The first-order valence-electron chi connectivity index (χ1n) is 7.92. The van der Waals surface area contributed by atoms with Gasteiger partial charge in [-0.2, -0.15) is 4.98 Å². The Hall–Kier alpha value is -3.13. The van der Waals surface area contributed by atoms with Gasteiger partial charge in [0.05, 0.1) is 6.61 Å². The minimum absolute atomic E-state index is 0.0289. The molecule has 3 aromatic heterocycles. The van der Waals surface area contributed by atoms with Gasteiger partial charge >= 0.3 is 5.97 Å². The number of H-pyrrole nitrogens is 1. The van der Waals surface area contributed by atoms with E-state index >= 15 is 0 Å². The molecule has 132 valence electrons. The first-order valence-corrected chi connectivity index (χ1v) is 8.74. The van der Waals surface area contributed by atoms with Crippen LogP contribution in [0, 0.1) is 6.92 Å². The maximum Gasteiger partial charge on any atom is 0.342 e. The summed E-state index contributed by atoms with van der Waals surface area (Å²) < 4.78 is 11.4. The van der Waals surface area contributed by atoms with Gasteiger partial charge in [0.25, 0.3) is 5.56 Å². The molecule has 0 atom stereocenters. The lowest BCUT2D eigenvalue weighted by molar-refractivity contribution is 0.0526. The summed E-state index contributed by atoms with van der Waals surface area (Å²) in [5.41, 5.74) is -0.425. The van der Waals surface area contributed by atoms with Crippen molar-refractivity contribution in [2.45, 2.75) is 13.8 Å². The number of carbonyl (C=O) groups is 1. The zero-order valence-corrected chi connectivity index (χ0v) is 14.8. The summed E-state index contributed by atoms with van der Waals surface area (Å²) in [6.07, 6.45) is 0. The molecule has 2 N–H and O–H groups in total. The second-order valence-electron chi connectivity index (χ2n) is 5.62. The fraction of sp³-hybridized carbons (Fsp3) is 0.167. The van der Waals surface area contributed by atoms with Gasteiger partial charge in [0.1, 0.15) is 27.3 Å². The van der Waals surface area contributed by atoms with Crippen LogP contribution < -0.4 is 5.56 Å². The molecule has 0 bridgehead atoms. The van der Waals surface area contributed by atoms with Crippen LogP contribution in [0.3, 0.4) is 0 Å². The number of thiophene rings is 1. The molecule has 1 aromatic carbocycles. The number of aromatic hydroxyl groups is 1. The highest BCUT2D eigenvalue weighted by molar-refractivity contribution is 7.22. The van der Waals surface area contributed by atoms with E-state index in [-0.39, 0.29) is 40.6 Å². The number of rotatable bonds is 3. The summed E-state index contributed by atoms with van der Waals surface area (Å²) in [6, 6.07) is 7.34. The van der Waals surface area contributed by atoms with Crippen molar-refractivity contribution in [3.8, 4) is 16.5 Å². The lowest BCUT2D eigenvalue weighted by Gasteiger charge is -2.00. The Morgan fingerprint density at radius 2 is 2.15 bits per heavy atom. The first-order chi connectivity index (χ1) is 12.5. The Morgan fingerprint density at radius 1 is 1.38 bits per heavy atom. The molecule has 0 fully saturated rings. The van der Waals surface area contributed by atoms with Crippen LogP contribution in [0.25, 0.3) is 31.9 Å². The highest BCUT2D eigenvalue weighted by Gasteiger charge is 2.25. The normalized spacial score (nSPS) is 11.3. The fourth-order valence-corrected chi connectivity index (χ4v) is 3.91. The van der Waals surface area contributed by atoms with E-state index in [1.54, 1.807) is 19.9 Å². The molecule has 4 rings (SSSR count). The highest BCUT2D eigenvalue weighted by atomic mass is 32.1. The van der Waals surface area contributed by atoms with Gasteiger partial charge in [-0.25, -0.2) is 4.79 Å². The highest BCUT2D eigenvalue weighted by Crippen LogP contribution is 2.42. The van der Waals surface area contributed by atoms with Crippen LogP contribution in [-0.2, 0) is 4.74 Å². The number of ether oxygens (including phenoxy) is 1. The summed E-state index contributed by atoms with van der Waals surface area (Å²) in [5.74, 6) is -0.143. The van der Waals surface area contributed by atoms with E-state index in [1.165, 1.54) is 11.3 Å². The summed E-state index contributed by atoms with van der Waals surface area (Å²) in [7, 11) is 0. The number of aromatic nitrogens is 2. The lowest BCUT2D eigenvalue weighted by atomic mass is 10.2. The van der Waals surface area contributed by atoms with Crippen molar-refractivity contribution >= 4 is 38.5 Å². The summed E-state index contributed by atoms with van der Waals surface area (Å²) in [6.45, 7) is 3.44. The second kappa shape index (κ2) is 5.99. The third kappa shape index (κ3) is 2.38. The van der Waals surface area contributed by atoms with Gasteiger partial charge in [-0.15, -0.1) is 11.3 Å². The van der Waals surface area contributed by atoms with Gasteiger partial charge in [0.2, 0.25) is 5.71 Å². The molecule has 0 saturated heterocycles. The number of nitrogens with one attached hydrogen (secondary N) is 1. The third-order valence-corrected chi connectivity index (χ3v) is 5.17. The van der Waals surface area contributed by atoms with E-state index in [0.717, 1.165) is 4.70 Å². The monoisotopic (exact) mass is 370 g/mol. The Morgan fingerprint density at radius 3 is 2.88 bits per heavy atom. The van der Waals surface area contributed by atoms with E-state index in [2.05, 4.69) is 9.97 Å². The molecule has 26 heavy (non-hydrogen) atoms. The van der Waals surface area contributed by atoms with Crippen LogP contribution in [0.2, 0.25) is 0 Å². The van der Waals surface area contributed by atoms with Crippen molar-refractivity contribution in [2.75, 3.05) is 6.61 Å². The molecule has 4 aromatic rings. The standard InChI is InChI=1S/C18H14N2O5S/c1-3-24-18(23)11-8(2)25-17-12(11)16(22)19-15(20-17)14-13(21)9-6-4-5-7-10(9)26-14/h4-7,21H,3H2,1-2H3,(H,19,20,22). The predicted octanol–water partition coefficient (Wildman–Crippen LogP) is 3.59. The molecule has 0 aliphatic heterocycles. The lowest BCUT2D eigenvalue weighted by Crippen LogP contribution is -2.13. The number of aromatic amines is 1. The van der Waals surface area contributed by atoms with E-state index in [0.29, 0.717) is 10.3 Å². The Balaban J connectivity index is 1.95. The molecule has 0 unspecified atom stereocenters. The molecular formula is C18H14N2O5S. The number of furan rings is 1. The van der Waals surface area contributed by atoms with Crippen molar-refractivity contribution < 1.29 is 19.1 Å². The maximum absolute atomic E-state index is 12.6. The number of carbonyl (C=O) groups excluding carboxylic acids is 1. The van der Waals surface area contributed by atoms with Crippen molar-refractivity contribution in [3.63, 3.8) is 0 Å². The molecule has 0 aliphatic carbocycles. The number of hydrogen-bond donors (Lipinski definition) is 2. The molecule has 0 aliphatic rings. The molecule has 7 nitrogen and oxygen atoms in total. The number of nitrogens with zero attached hydrogens (tertiary/aromatic N) is 1. The van der Waals surface area contributed by atoms with Crippen LogP contribution in [0.15, 0.2) is 33.5 Å². The van der Waals surface area contributed by atoms with E-state index < -0.39 is 11.5 Å². The van der Waals surface area contributed by atoms with Crippen molar-refractivity contribution in [2.24, 2.45) is 0 Å². The SMILES string of the molecule is CCOC(=O)c1c(C)oc2nc(-c3sc4ccccc4c3O)[nH]c(=O)c12. The van der Waals surface area contributed by atoms with Gasteiger partial charge in [0, 0.05) is 10.1 Å². The average Bonchev–Trinajstić information content (AvgIpc) is 3.12. The van der Waals surface area contributed by atoms with Gasteiger partial charge < -0.3 is 19.2 Å². The molecule has 0 saturated carbocycles. The number of benzene rings is 1. The quantitative estimate of drug-likeness (QED) is 0.534. The van der Waals surface area contributed by atoms with Crippen LogP contribution in [0.5, 0.6) is 5.75 Å². The third-order valence-electron chi connectivity index (χ3n) is 4.00. The summed E-state index contributed by atoms with van der Waals surface area (Å²) in [5, 5.41) is 11.2. The minimum atomic E-state index is -0.631. The van der Waals surface area contributed by atoms with Gasteiger partial charge in [-0.1, -0.05) is 12.1 Å².